The normalized spacial score (nSPS) is 12.2. The van der Waals surface area contributed by atoms with Gasteiger partial charge in [0.25, 0.3) is 0 Å². The summed E-state index contributed by atoms with van der Waals surface area (Å²) in [6.07, 6.45) is 58.4. The van der Waals surface area contributed by atoms with Gasteiger partial charge < -0.3 is 14.2 Å². The zero-order valence-corrected chi connectivity index (χ0v) is 40.7. The Labute approximate surface area is 378 Å². The van der Waals surface area contributed by atoms with E-state index in [0.29, 0.717) is 19.3 Å². The standard InChI is InChI=1S/C55H100O6/c1-4-7-10-13-16-19-22-25-28-31-33-36-39-42-45-48-54(57)60-51-52(61-55(58)49-46-43-40-37-34-30-27-24-21-18-15-12-9-6-3)50-59-53(56)47-44-41-38-35-32-29-26-23-20-17-14-11-8-5-2/h7,10,16,19,25,28,52H,4-6,8-9,11-15,17-18,20-24,26-27,29-51H2,1-3H3/b10-7-,19-16-,28-25-/t52-/m1/s1. The fraction of sp³-hybridized carbons (Fsp3) is 0.836. The van der Waals surface area contributed by atoms with E-state index in [1.54, 1.807) is 0 Å². The van der Waals surface area contributed by atoms with Gasteiger partial charge in [0.05, 0.1) is 0 Å². The van der Waals surface area contributed by atoms with Gasteiger partial charge in [0.15, 0.2) is 6.10 Å². The Morgan fingerprint density at radius 1 is 0.344 bits per heavy atom. The number of hydrogen-bond acceptors (Lipinski definition) is 6. The first-order chi connectivity index (χ1) is 30.0. The number of carbonyl (C=O) groups excluding carboxylic acids is 3. The van der Waals surface area contributed by atoms with E-state index in [1.165, 1.54) is 141 Å². The summed E-state index contributed by atoms with van der Waals surface area (Å²) in [5, 5.41) is 0. The monoisotopic (exact) mass is 857 g/mol. The molecule has 0 aromatic heterocycles. The van der Waals surface area contributed by atoms with Crippen molar-refractivity contribution >= 4 is 17.9 Å². The van der Waals surface area contributed by atoms with Crippen molar-refractivity contribution in [3.63, 3.8) is 0 Å². The van der Waals surface area contributed by atoms with Crippen LogP contribution in [0.2, 0.25) is 0 Å². The summed E-state index contributed by atoms with van der Waals surface area (Å²) >= 11 is 0. The molecule has 0 saturated heterocycles. The van der Waals surface area contributed by atoms with Gasteiger partial charge in [-0.3, -0.25) is 14.4 Å². The summed E-state index contributed by atoms with van der Waals surface area (Å²) in [5.74, 6) is -0.877. The molecule has 0 aliphatic heterocycles. The van der Waals surface area contributed by atoms with Gasteiger partial charge in [-0.1, -0.05) is 243 Å². The molecule has 6 heteroatoms. The minimum Gasteiger partial charge on any atom is -0.462 e. The van der Waals surface area contributed by atoms with Crippen LogP contribution < -0.4 is 0 Å². The molecule has 0 aromatic carbocycles. The summed E-state index contributed by atoms with van der Waals surface area (Å²) in [4.78, 5) is 38.0. The molecule has 0 fully saturated rings. The smallest absolute Gasteiger partial charge is 0.306 e. The minimum atomic E-state index is -0.773. The largest absolute Gasteiger partial charge is 0.462 e. The molecule has 0 amide bonds. The molecule has 0 bridgehead atoms. The van der Waals surface area contributed by atoms with Crippen LogP contribution >= 0.6 is 0 Å². The molecule has 0 rings (SSSR count). The molecular formula is C55H100O6. The summed E-state index contributed by atoms with van der Waals surface area (Å²) in [6.45, 7) is 6.54. The molecule has 0 aromatic rings. The highest BCUT2D eigenvalue weighted by Crippen LogP contribution is 2.16. The van der Waals surface area contributed by atoms with E-state index in [1.807, 2.05) is 0 Å². The third kappa shape index (κ3) is 48.5. The van der Waals surface area contributed by atoms with Crippen molar-refractivity contribution < 1.29 is 28.6 Å². The highest BCUT2D eigenvalue weighted by atomic mass is 16.6. The van der Waals surface area contributed by atoms with Crippen molar-refractivity contribution in [3.8, 4) is 0 Å². The number of allylic oxidation sites excluding steroid dienone is 6. The van der Waals surface area contributed by atoms with Crippen LogP contribution in [0.15, 0.2) is 36.5 Å². The summed E-state index contributed by atoms with van der Waals surface area (Å²) in [6, 6.07) is 0. The molecule has 0 heterocycles. The van der Waals surface area contributed by atoms with Crippen molar-refractivity contribution in [2.45, 2.75) is 284 Å². The van der Waals surface area contributed by atoms with Gasteiger partial charge >= 0.3 is 17.9 Å². The summed E-state index contributed by atoms with van der Waals surface area (Å²) < 4.78 is 16.8. The van der Waals surface area contributed by atoms with E-state index in [2.05, 4.69) is 57.2 Å². The van der Waals surface area contributed by atoms with Gasteiger partial charge in [-0.05, 0) is 51.4 Å². The van der Waals surface area contributed by atoms with Crippen molar-refractivity contribution in [2.24, 2.45) is 0 Å². The molecule has 356 valence electrons. The molecule has 1 atom stereocenters. The third-order valence-electron chi connectivity index (χ3n) is 11.7. The Kier molecular flexibility index (Phi) is 48.3. The van der Waals surface area contributed by atoms with Crippen LogP contribution in [0.4, 0.5) is 0 Å². The average molecular weight is 857 g/mol. The first-order valence-electron chi connectivity index (χ1n) is 26.5. The van der Waals surface area contributed by atoms with E-state index in [9.17, 15) is 14.4 Å². The molecule has 0 saturated carbocycles. The van der Waals surface area contributed by atoms with E-state index < -0.39 is 6.10 Å². The Morgan fingerprint density at radius 3 is 1.00 bits per heavy atom. The van der Waals surface area contributed by atoms with Crippen molar-refractivity contribution in [3.05, 3.63) is 36.5 Å². The van der Waals surface area contributed by atoms with Crippen molar-refractivity contribution in [1.29, 1.82) is 0 Å². The molecule has 0 radical (unpaired) electrons. The maximum Gasteiger partial charge on any atom is 0.306 e. The molecule has 0 N–H and O–H groups in total. The number of carbonyl (C=O) groups is 3. The van der Waals surface area contributed by atoms with Gasteiger partial charge in [-0.25, -0.2) is 0 Å². The lowest BCUT2D eigenvalue weighted by Crippen LogP contribution is -2.30. The molecule has 6 nitrogen and oxygen atoms in total. The summed E-state index contributed by atoms with van der Waals surface area (Å²) in [7, 11) is 0. The quantitative estimate of drug-likeness (QED) is 0.0262. The highest BCUT2D eigenvalue weighted by molar-refractivity contribution is 5.71. The molecule has 0 aliphatic carbocycles. The first kappa shape index (κ1) is 58.6. The minimum absolute atomic E-state index is 0.0732. The van der Waals surface area contributed by atoms with Crippen LogP contribution in [0, 0.1) is 0 Å². The van der Waals surface area contributed by atoms with Crippen LogP contribution in [0.25, 0.3) is 0 Å². The van der Waals surface area contributed by atoms with Crippen LogP contribution in [0.1, 0.15) is 278 Å². The van der Waals surface area contributed by atoms with Crippen LogP contribution in [-0.4, -0.2) is 37.2 Å². The average Bonchev–Trinajstić information content (AvgIpc) is 3.26. The number of esters is 3. The highest BCUT2D eigenvalue weighted by Gasteiger charge is 2.19. The molecule has 61 heavy (non-hydrogen) atoms. The van der Waals surface area contributed by atoms with Crippen molar-refractivity contribution in [1.82, 2.24) is 0 Å². The predicted octanol–water partition coefficient (Wildman–Crippen LogP) is 17.3. The number of hydrogen-bond donors (Lipinski definition) is 0. The Balaban J connectivity index is 4.37. The van der Waals surface area contributed by atoms with Crippen molar-refractivity contribution in [2.75, 3.05) is 13.2 Å². The first-order valence-corrected chi connectivity index (χ1v) is 26.5. The van der Waals surface area contributed by atoms with Crippen LogP contribution in [0.3, 0.4) is 0 Å². The van der Waals surface area contributed by atoms with Gasteiger partial charge in [0.1, 0.15) is 13.2 Å². The second-order valence-electron chi connectivity index (χ2n) is 17.8. The molecular weight excluding hydrogens is 757 g/mol. The van der Waals surface area contributed by atoms with Gasteiger partial charge in [0.2, 0.25) is 0 Å². The van der Waals surface area contributed by atoms with E-state index in [-0.39, 0.29) is 31.1 Å². The van der Waals surface area contributed by atoms with Gasteiger partial charge in [-0.15, -0.1) is 0 Å². The lowest BCUT2D eigenvalue weighted by Gasteiger charge is -2.18. The topological polar surface area (TPSA) is 78.9 Å². The lowest BCUT2D eigenvalue weighted by molar-refractivity contribution is -0.167. The maximum atomic E-state index is 12.8. The molecule has 0 aliphatic rings. The van der Waals surface area contributed by atoms with Gasteiger partial charge in [-0.2, -0.15) is 0 Å². The van der Waals surface area contributed by atoms with E-state index in [4.69, 9.17) is 14.2 Å². The van der Waals surface area contributed by atoms with Gasteiger partial charge in [0, 0.05) is 19.3 Å². The Morgan fingerprint density at radius 2 is 0.639 bits per heavy atom. The van der Waals surface area contributed by atoms with Crippen LogP contribution in [0.5, 0.6) is 0 Å². The maximum absolute atomic E-state index is 12.8. The zero-order valence-electron chi connectivity index (χ0n) is 40.7. The van der Waals surface area contributed by atoms with Crippen LogP contribution in [-0.2, 0) is 28.6 Å². The third-order valence-corrected chi connectivity index (χ3v) is 11.7. The molecule has 0 spiro atoms. The summed E-state index contributed by atoms with van der Waals surface area (Å²) in [5.41, 5.74) is 0. The zero-order chi connectivity index (χ0) is 44.4. The fourth-order valence-electron chi connectivity index (χ4n) is 7.69. The fourth-order valence-corrected chi connectivity index (χ4v) is 7.69. The Hall–Kier alpha value is -2.37. The van der Waals surface area contributed by atoms with E-state index >= 15 is 0 Å². The number of unbranched alkanes of at least 4 members (excludes halogenated alkanes) is 31. The second kappa shape index (κ2) is 50.3. The molecule has 0 unspecified atom stereocenters. The Bertz CT molecular complexity index is 1030. The SMILES string of the molecule is CC/C=C\C/C=C\C/C=C\CCCCCCCC(=O)OC[C@@H](COC(=O)CCCCCCCCCCCCCCCC)OC(=O)CCCCCCCCCCCCCCCC. The predicted molar refractivity (Wildman–Crippen MR) is 261 cm³/mol. The second-order valence-corrected chi connectivity index (χ2v) is 17.8. The lowest BCUT2D eigenvalue weighted by atomic mass is 10.0. The van der Waals surface area contributed by atoms with E-state index in [0.717, 1.165) is 96.3 Å². The number of ether oxygens (including phenoxy) is 3. The number of rotatable bonds is 48.